The SMILES string of the molecule is COCCNCCNC(=O)c1cc(OC)ccc1Br.Cl. The van der Waals surface area contributed by atoms with E-state index in [1.807, 2.05) is 0 Å². The normalized spacial score (nSPS) is 9.75. The Balaban J connectivity index is 0.00000361. The van der Waals surface area contributed by atoms with Gasteiger partial charge in [0, 0.05) is 31.2 Å². The predicted molar refractivity (Wildman–Crippen MR) is 85.0 cm³/mol. The molecule has 0 saturated heterocycles. The van der Waals surface area contributed by atoms with Gasteiger partial charge in [-0.1, -0.05) is 0 Å². The molecule has 0 unspecified atom stereocenters. The molecule has 20 heavy (non-hydrogen) atoms. The van der Waals surface area contributed by atoms with E-state index in [1.54, 1.807) is 32.4 Å². The molecule has 0 fully saturated rings. The summed E-state index contributed by atoms with van der Waals surface area (Å²) in [5.41, 5.74) is 0.566. The second kappa shape index (κ2) is 10.9. The van der Waals surface area contributed by atoms with E-state index in [4.69, 9.17) is 9.47 Å². The van der Waals surface area contributed by atoms with Crippen molar-refractivity contribution >= 4 is 34.2 Å². The number of carbonyl (C=O) groups is 1. The van der Waals surface area contributed by atoms with Crippen LogP contribution in [0.5, 0.6) is 5.75 Å². The Hall–Kier alpha value is -0.820. The van der Waals surface area contributed by atoms with Crippen LogP contribution in [-0.4, -0.2) is 46.4 Å². The van der Waals surface area contributed by atoms with E-state index < -0.39 is 0 Å². The van der Waals surface area contributed by atoms with Crippen LogP contribution in [0.3, 0.4) is 0 Å². The van der Waals surface area contributed by atoms with E-state index in [0.29, 0.717) is 31.0 Å². The standard InChI is InChI=1S/C13H19BrN2O3.ClH/c1-18-8-7-15-5-6-16-13(17)11-9-10(19-2)3-4-12(11)14;/h3-4,9,15H,5-8H2,1-2H3,(H,16,17);1H. The summed E-state index contributed by atoms with van der Waals surface area (Å²) in [4.78, 5) is 12.0. The van der Waals surface area contributed by atoms with Crippen LogP contribution in [-0.2, 0) is 4.74 Å². The van der Waals surface area contributed by atoms with Gasteiger partial charge in [-0.15, -0.1) is 12.4 Å². The van der Waals surface area contributed by atoms with Crippen molar-refractivity contribution in [2.75, 3.05) is 40.5 Å². The van der Waals surface area contributed by atoms with Gasteiger partial charge in [0.2, 0.25) is 0 Å². The maximum absolute atomic E-state index is 12.0. The lowest BCUT2D eigenvalue weighted by Crippen LogP contribution is -2.33. The van der Waals surface area contributed by atoms with Crippen molar-refractivity contribution in [1.29, 1.82) is 0 Å². The molecule has 0 aliphatic carbocycles. The summed E-state index contributed by atoms with van der Waals surface area (Å²) < 4.78 is 10.8. The molecule has 0 atom stereocenters. The molecule has 5 nitrogen and oxygen atoms in total. The van der Waals surface area contributed by atoms with Crippen LogP contribution in [0, 0.1) is 0 Å². The highest BCUT2D eigenvalue weighted by Gasteiger charge is 2.10. The second-order valence-electron chi connectivity index (χ2n) is 3.84. The third-order valence-electron chi connectivity index (χ3n) is 2.49. The molecule has 1 amide bonds. The number of methoxy groups -OCH3 is 2. The Labute approximate surface area is 133 Å². The molecule has 0 saturated carbocycles. The Kier molecular flexibility index (Phi) is 10.5. The lowest BCUT2D eigenvalue weighted by atomic mass is 10.2. The zero-order valence-corrected chi connectivity index (χ0v) is 14.0. The van der Waals surface area contributed by atoms with E-state index >= 15 is 0 Å². The van der Waals surface area contributed by atoms with Gasteiger partial charge in [0.05, 0.1) is 19.3 Å². The topological polar surface area (TPSA) is 59.6 Å². The van der Waals surface area contributed by atoms with Gasteiger partial charge in [-0.05, 0) is 34.1 Å². The lowest BCUT2D eigenvalue weighted by molar-refractivity contribution is 0.0952. The van der Waals surface area contributed by atoms with Gasteiger partial charge >= 0.3 is 0 Å². The average molecular weight is 368 g/mol. The third kappa shape index (κ3) is 6.56. The minimum atomic E-state index is -0.126. The number of carbonyl (C=O) groups excluding carboxylic acids is 1. The largest absolute Gasteiger partial charge is 0.497 e. The first-order valence-electron chi connectivity index (χ1n) is 6.00. The van der Waals surface area contributed by atoms with Crippen molar-refractivity contribution < 1.29 is 14.3 Å². The van der Waals surface area contributed by atoms with Gasteiger partial charge in [-0.2, -0.15) is 0 Å². The minimum absolute atomic E-state index is 0. The molecule has 0 aliphatic heterocycles. The average Bonchev–Trinajstić information content (AvgIpc) is 2.43. The number of hydrogen-bond acceptors (Lipinski definition) is 4. The third-order valence-corrected chi connectivity index (χ3v) is 3.18. The minimum Gasteiger partial charge on any atom is -0.497 e. The first-order chi connectivity index (χ1) is 9.19. The highest BCUT2D eigenvalue weighted by atomic mass is 79.9. The fraction of sp³-hybridized carbons (Fsp3) is 0.462. The molecular formula is C13H20BrClN2O3. The lowest BCUT2D eigenvalue weighted by Gasteiger charge is -2.09. The predicted octanol–water partition coefficient (Wildman–Crippen LogP) is 1.85. The van der Waals surface area contributed by atoms with Crippen LogP contribution < -0.4 is 15.4 Å². The molecular weight excluding hydrogens is 348 g/mol. The number of ether oxygens (including phenoxy) is 2. The molecule has 0 bridgehead atoms. The Morgan fingerprint density at radius 3 is 2.65 bits per heavy atom. The number of nitrogens with one attached hydrogen (secondary N) is 2. The van der Waals surface area contributed by atoms with Crippen molar-refractivity contribution in [2.24, 2.45) is 0 Å². The van der Waals surface area contributed by atoms with E-state index in [-0.39, 0.29) is 18.3 Å². The van der Waals surface area contributed by atoms with Crippen LogP contribution in [0.2, 0.25) is 0 Å². The number of benzene rings is 1. The monoisotopic (exact) mass is 366 g/mol. The summed E-state index contributed by atoms with van der Waals surface area (Å²) in [5, 5.41) is 5.99. The summed E-state index contributed by atoms with van der Waals surface area (Å²) in [5.74, 6) is 0.533. The van der Waals surface area contributed by atoms with E-state index in [0.717, 1.165) is 11.0 Å². The van der Waals surface area contributed by atoms with Crippen LogP contribution in [0.25, 0.3) is 0 Å². The molecule has 0 radical (unpaired) electrons. The number of amides is 1. The maximum atomic E-state index is 12.0. The van der Waals surface area contributed by atoms with Gasteiger partial charge < -0.3 is 20.1 Å². The van der Waals surface area contributed by atoms with E-state index in [9.17, 15) is 4.79 Å². The molecule has 0 aromatic heterocycles. The van der Waals surface area contributed by atoms with Crippen LogP contribution >= 0.6 is 28.3 Å². The van der Waals surface area contributed by atoms with Gasteiger partial charge in [-0.3, -0.25) is 4.79 Å². The Bertz CT molecular complexity index is 419. The molecule has 0 aliphatic rings. The molecule has 0 heterocycles. The van der Waals surface area contributed by atoms with Crippen molar-refractivity contribution in [1.82, 2.24) is 10.6 Å². The van der Waals surface area contributed by atoms with Crippen molar-refractivity contribution in [2.45, 2.75) is 0 Å². The molecule has 1 aromatic carbocycles. The van der Waals surface area contributed by atoms with E-state index in [1.165, 1.54) is 0 Å². The number of rotatable bonds is 8. The van der Waals surface area contributed by atoms with Gasteiger partial charge in [-0.25, -0.2) is 0 Å². The molecule has 114 valence electrons. The molecule has 0 spiro atoms. The van der Waals surface area contributed by atoms with Crippen LogP contribution in [0.4, 0.5) is 0 Å². The Morgan fingerprint density at radius 2 is 2.00 bits per heavy atom. The first-order valence-corrected chi connectivity index (χ1v) is 6.79. The summed E-state index contributed by atoms with van der Waals surface area (Å²) >= 11 is 3.35. The fourth-order valence-corrected chi connectivity index (χ4v) is 1.89. The van der Waals surface area contributed by atoms with Gasteiger partial charge in [0.1, 0.15) is 5.75 Å². The smallest absolute Gasteiger partial charge is 0.252 e. The zero-order valence-electron chi connectivity index (χ0n) is 11.6. The van der Waals surface area contributed by atoms with Crippen molar-refractivity contribution in [3.05, 3.63) is 28.2 Å². The van der Waals surface area contributed by atoms with E-state index in [2.05, 4.69) is 26.6 Å². The summed E-state index contributed by atoms with van der Waals surface area (Å²) in [6, 6.07) is 5.30. The number of halogens is 2. The molecule has 7 heteroatoms. The Morgan fingerprint density at radius 1 is 1.25 bits per heavy atom. The van der Waals surface area contributed by atoms with Gasteiger partial charge in [0.25, 0.3) is 5.91 Å². The molecule has 1 aromatic rings. The highest BCUT2D eigenvalue weighted by molar-refractivity contribution is 9.10. The van der Waals surface area contributed by atoms with Crippen molar-refractivity contribution in [3.63, 3.8) is 0 Å². The fourth-order valence-electron chi connectivity index (χ4n) is 1.46. The number of hydrogen-bond donors (Lipinski definition) is 2. The zero-order chi connectivity index (χ0) is 14.1. The molecule has 2 N–H and O–H groups in total. The maximum Gasteiger partial charge on any atom is 0.252 e. The van der Waals surface area contributed by atoms with Crippen molar-refractivity contribution in [3.8, 4) is 5.75 Å². The van der Waals surface area contributed by atoms with Gasteiger partial charge in [0.15, 0.2) is 0 Å². The molecule has 1 rings (SSSR count). The summed E-state index contributed by atoms with van der Waals surface area (Å²) in [7, 11) is 3.23. The summed E-state index contributed by atoms with van der Waals surface area (Å²) in [6.07, 6.45) is 0. The van der Waals surface area contributed by atoms with Crippen LogP contribution in [0.15, 0.2) is 22.7 Å². The highest BCUT2D eigenvalue weighted by Crippen LogP contribution is 2.22. The van der Waals surface area contributed by atoms with Crippen LogP contribution in [0.1, 0.15) is 10.4 Å². The second-order valence-corrected chi connectivity index (χ2v) is 4.70. The summed E-state index contributed by atoms with van der Waals surface area (Å²) in [6.45, 7) is 2.70. The first kappa shape index (κ1) is 19.2. The quantitative estimate of drug-likeness (QED) is 0.689.